The molecule has 0 spiro atoms. The highest BCUT2D eigenvalue weighted by molar-refractivity contribution is 9.10. The van der Waals surface area contributed by atoms with Crippen molar-refractivity contribution >= 4 is 27.9 Å². The fourth-order valence-electron chi connectivity index (χ4n) is 6.22. The van der Waals surface area contributed by atoms with Crippen LogP contribution in [-0.4, -0.2) is 30.3 Å². The number of para-hydroxylation sites is 1. The van der Waals surface area contributed by atoms with Gasteiger partial charge in [-0.05, 0) is 41.5 Å². The zero-order chi connectivity index (χ0) is 27.2. The van der Waals surface area contributed by atoms with Gasteiger partial charge in [-0.15, -0.1) is 0 Å². The van der Waals surface area contributed by atoms with E-state index in [1.807, 2.05) is 60.7 Å². The molecule has 2 bridgehead atoms. The number of esters is 2. The zero-order valence-electron chi connectivity index (χ0n) is 21.0. The smallest absolute Gasteiger partial charge is 0.338 e. The monoisotopic (exact) mass is 584 g/mol. The minimum absolute atomic E-state index is 0.300. The summed E-state index contributed by atoms with van der Waals surface area (Å²) in [7, 11) is 1.29. The van der Waals surface area contributed by atoms with Crippen molar-refractivity contribution in [1.29, 1.82) is 0 Å². The first-order chi connectivity index (χ1) is 18.9. The summed E-state index contributed by atoms with van der Waals surface area (Å²) in [6.07, 6.45) is -1.30. The van der Waals surface area contributed by atoms with E-state index in [2.05, 4.69) is 15.9 Å². The van der Waals surface area contributed by atoms with E-state index in [9.17, 15) is 14.7 Å². The molecule has 0 amide bonds. The highest BCUT2D eigenvalue weighted by atomic mass is 79.9. The molecular formula is C32H25BrO6. The first-order valence-corrected chi connectivity index (χ1v) is 13.4. The van der Waals surface area contributed by atoms with Gasteiger partial charge in [0.2, 0.25) is 0 Å². The Labute approximate surface area is 234 Å². The Morgan fingerprint density at radius 2 is 1.46 bits per heavy atom. The van der Waals surface area contributed by atoms with Gasteiger partial charge in [0.15, 0.2) is 11.7 Å². The standard InChI is InChI=1S/C32H25BrO6/c1-37-29(35)27-26(20-10-4-2-5-11-20)32(22-12-6-3-7-13-22)30(38-28(34)21-16-18-23(33)19-17-21)31(27,36)24-14-8-9-15-25(24)39-32/h2-19,26-27,30,36H,1H3/t26-,27+,30-,31+,32+/m0/s1. The zero-order valence-corrected chi connectivity index (χ0v) is 22.6. The van der Waals surface area contributed by atoms with Crippen molar-refractivity contribution in [3.8, 4) is 5.75 Å². The van der Waals surface area contributed by atoms with Crippen LogP contribution in [0.1, 0.15) is 33.0 Å². The van der Waals surface area contributed by atoms with E-state index in [1.165, 1.54) is 7.11 Å². The van der Waals surface area contributed by atoms with Crippen LogP contribution in [0.3, 0.4) is 0 Å². The van der Waals surface area contributed by atoms with E-state index in [0.717, 1.165) is 10.0 Å². The van der Waals surface area contributed by atoms with Gasteiger partial charge in [-0.3, -0.25) is 4.79 Å². The van der Waals surface area contributed by atoms with E-state index >= 15 is 0 Å². The molecule has 1 heterocycles. The van der Waals surface area contributed by atoms with Crippen molar-refractivity contribution < 1.29 is 28.9 Å². The molecule has 1 fully saturated rings. The topological polar surface area (TPSA) is 82.1 Å². The van der Waals surface area contributed by atoms with Gasteiger partial charge in [0.25, 0.3) is 0 Å². The number of halogens is 1. The number of methoxy groups -OCH3 is 1. The summed E-state index contributed by atoms with van der Waals surface area (Å²) in [6.45, 7) is 0. The molecule has 4 aromatic carbocycles. The predicted octanol–water partition coefficient (Wildman–Crippen LogP) is 5.74. The van der Waals surface area contributed by atoms with Crippen molar-refractivity contribution in [2.75, 3.05) is 7.11 Å². The van der Waals surface area contributed by atoms with Crippen molar-refractivity contribution in [3.63, 3.8) is 0 Å². The van der Waals surface area contributed by atoms with Crippen LogP contribution in [0.2, 0.25) is 0 Å². The van der Waals surface area contributed by atoms with E-state index in [-0.39, 0.29) is 0 Å². The van der Waals surface area contributed by atoms with Gasteiger partial charge in [-0.25, -0.2) is 4.79 Å². The number of rotatable bonds is 5. The number of benzene rings is 4. The van der Waals surface area contributed by atoms with Crippen molar-refractivity contribution in [2.24, 2.45) is 5.92 Å². The van der Waals surface area contributed by atoms with Gasteiger partial charge in [-0.1, -0.05) is 94.8 Å². The summed E-state index contributed by atoms with van der Waals surface area (Å²) in [5.74, 6) is -2.79. The quantitative estimate of drug-likeness (QED) is 0.301. The maximum atomic E-state index is 13.7. The molecule has 5 atom stereocenters. The maximum absolute atomic E-state index is 13.7. The van der Waals surface area contributed by atoms with Crippen LogP contribution in [0.5, 0.6) is 5.75 Å². The van der Waals surface area contributed by atoms with Gasteiger partial charge in [0, 0.05) is 16.0 Å². The van der Waals surface area contributed by atoms with Crippen molar-refractivity contribution in [1.82, 2.24) is 0 Å². The molecule has 1 aliphatic carbocycles. The van der Waals surface area contributed by atoms with Crippen molar-refractivity contribution in [3.05, 3.63) is 136 Å². The molecule has 0 aromatic heterocycles. The molecule has 39 heavy (non-hydrogen) atoms. The summed E-state index contributed by atoms with van der Waals surface area (Å²) < 4.78 is 19.2. The Kier molecular flexibility index (Phi) is 6.28. The third-order valence-electron chi connectivity index (χ3n) is 7.80. The Balaban J connectivity index is 1.66. The highest BCUT2D eigenvalue weighted by Gasteiger charge is 2.77. The van der Waals surface area contributed by atoms with E-state index in [4.69, 9.17) is 14.2 Å². The summed E-state index contributed by atoms with van der Waals surface area (Å²) in [5, 5.41) is 12.8. The third-order valence-corrected chi connectivity index (χ3v) is 8.33. The Morgan fingerprint density at radius 3 is 2.13 bits per heavy atom. The second-order valence-corrected chi connectivity index (χ2v) is 10.7. The number of carbonyl (C=O) groups excluding carboxylic acids is 2. The Morgan fingerprint density at radius 1 is 0.846 bits per heavy atom. The molecule has 0 saturated heterocycles. The molecule has 1 saturated carbocycles. The second kappa shape index (κ2) is 9.67. The van der Waals surface area contributed by atoms with Gasteiger partial charge in [0.05, 0.1) is 12.7 Å². The lowest BCUT2D eigenvalue weighted by atomic mass is 9.75. The molecule has 6 nitrogen and oxygen atoms in total. The van der Waals surface area contributed by atoms with Crippen LogP contribution in [0.25, 0.3) is 0 Å². The molecule has 0 radical (unpaired) electrons. The molecular weight excluding hydrogens is 560 g/mol. The SMILES string of the molecule is COC(=O)[C@H]1[C@H](c2ccccc2)[C@@]2(c3ccccc3)Oc3ccccc3[C@]1(O)[C@@H]2OC(=O)c1ccc(Br)cc1. The van der Waals surface area contributed by atoms with Gasteiger partial charge < -0.3 is 19.3 Å². The number of fused-ring (bicyclic) bond motifs is 4. The van der Waals surface area contributed by atoms with Gasteiger partial charge in [0.1, 0.15) is 17.3 Å². The molecule has 2 aliphatic rings. The minimum Gasteiger partial charge on any atom is -0.477 e. The molecule has 4 aromatic rings. The van der Waals surface area contributed by atoms with Crippen LogP contribution >= 0.6 is 15.9 Å². The number of ether oxygens (including phenoxy) is 3. The second-order valence-electron chi connectivity index (χ2n) is 9.76. The first-order valence-electron chi connectivity index (χ1n) is 12.6. The number of carbonyl (C=O) groups is 2. The van der Waals surface area contributed by atoms with Crippen LogP contribution < -0.4 is 4.74 Å². The molecule has 1 N–H and O–H groups in total. The van der Waals surface area contributed by atoms with E-state index in [0.29, 0.717) is 22.4 Å². The highest BCUT2D eigenvalue weighted by Crippen LogP contribution is 2.67. The summed E-state index contributed by atoms with van der Waals surface area (Å²) >= 11 is 3.39. The Hall–Kier alpha value is -3.94. The number of hydrogen-bond donors (Lipinski definition) is 1. The summed E-state index contributed by atoms with van der Waals surface area (Å²) in [4.78, 5) is 27.3. The molecule has 7 heteroatoms. The van der Waals surface area contributed by atoms with Crippen LogP contribution in [-0.2, 0) is 25.5 Å². The van der Waals surface area contributed by atoms with Crippen LogP contribution in [0, 0.1) is 5.92 Å². The summed E-state index contributed by atoms with van der Waals surface area (Å²) in [5.41, 5.74) is -1.37. The molecule has 196 valence electrons. The van der Waals surface area contributed by atoms with Crippen LogP contribution in [0.15, 0.2) is 114 Å². The molecule has 6 rings (SSSR count). The third kappa shape index (κ3) is 3.79. The Bertz CT molecular complexity index is 1520. The fraction of sp³-hybridized carbons (Fsp3) is 0.188. The fourth-order valence-corrected chi connectivity index (χ4v) is 6.48. The summed E-state index contributed by atoms with van der Waals surface area (Å²) in [6, 6.07) is 32.5. The molecule has 1 aliphatic heterocycles. The normalized spacial score (nSPS) is 26.7. The minimum atomic E-state index is -1.97. The lowest BCUT2D eigenvalue weighted by Crippen LogP contribution is -2.56. The lowest BCUT2D eigenvalue weighted by molar-refractivity contribution is -0.173. The average molecular weight is 585 g/mol. The average Bonchev–Trinajstić information content (AvgIpc) is 3.12. The number of aliphatic hydroxyl groups is 1. The van der Waals surface area contributed by atoms with Crippen molar-refractivity contribution in [2.45, 2.75) is 23.2 Å². The van der Waals surface area contributed by atoms with E-state index < -0.39 is 41.1 Å². The largest absolute Gasteiger partial charge is 0.477 e. The maximum Gasteiger partial charge on any atom is 0.338 e. The molecule has 0 unspecified atom stereocenters. The van der Waals surface area contributed by atoms with Gasteiger partial charge in [-0.2, -0.15) is 0 Å². The van der Waals surface area contributed by atoms with Crippen LogP contribution in [0.4, 0.5) is 0 Å². The lowest BCUT2D eigenvalue weighted by Gasteiger charge is -2.46. The first kappa shape index (κ1) is 25.3. The van der Waals surface area contributed by atoms with E-state index in [1.54, 1.807) is 48.5 Å². The predicted molar refractivity (Wildman–Crippen MR) is 147 cm³/mol. The number of hydrogen-bond acceptors (Lipinski definition) is 6. The van der Waals surface area contributed by atoms with Gasteiger partial charge >= 0.3 is 11.9 Å².